The van der Waals surface area contributed by atoms with Gasteiger partial charge in [-0.25, -0.2) is 9.67 Å². The Balaban J connectivity index is 1.51. The Morgan fingerprint density at radius 3 is 2.62 bits per heavy atom. The van der Waals surface area contributed by atoms with Gasteiger partial charge in [-0.2, -0.15) is 0 Å². The van der Waals surface area contributed by atoms with Crippen LogP contribution in [0.1, 0.15) is 53.6 Å². The molecule has 1 N–H and O–H groups in total. The van der Waals surface area contributed by atoms with Crippen molar-refractivity contribution in [2.75, 3.05) is 25.1 Å². The average Bonchev–Trinajstić information content (AvgIpc) is 3.27. The van der Waals surface area contributed by atoms with Gasteiger partial charge in [-0.15, -0.1) is 5.10 Å². The summed E-state index contributed by atoms with van der Waals surface area (Å²) in [5, 5.41) is 7.18. The van der Waals surface area contributed by atoms with Crippen LogP contribution in [-0.2, 0) is 11.3 Å². The molecule has 0 bridgehead atoms. The molecule has 1 atom stereocenters. The maximum Gasteiger partial charge on any atom is 0.291 e. The number of anilines is 1. The van der Waals surface area contributed by atoms with Gasteiger partial charge in [-0.1, -0.05) is 30.0 Å². The molecule has 8 nitrogen and oxygen atoms in total. The number of nitrogens with zero attached hydrogens (tertiary/aromatic N) is 4. The molecule has 192 valence electrons. The summed E-state index contributed by atoms with van der Waals surface area (Å²) >= 11 is 0. The highest BCUT2D eigenvalue weighted by atomic mass is 16.5. The molecule has 1 unspecified atom stereocenters. The van der Waals surface area contributed by atoms with Crippen LogP contribution >= 0.6 is 0 Å². The molecular weight excluding hydrogens is 466 g/mol. The van der Waals surface area contributed by atoms with E-state index in [-0.39, 0.29) is 24.4 Å². The van der Waals surface area contributed by atoms with E-state index in [1.165, 1.54) is 6.33 Å². The van der Waals surface area contributed by atoms with Crippen LogP contribution in [0.5, 0.6) is 5.75 Å². The van der Waals surface area contributed by atoms with E-state index in [0.717, 1.165) is 34.2 Å². The average molecular weight is 500 g/mol. The number of carbonyl (C=O) groups excluding carboxylic acids is 2. The smallest absolute Gasteiger partial charge is 0.291 e. The lowest BCUT2D eigenvalue weighted by molar-refractivity contribution is -0.113. The Hall–Kier alpha value is -4.12. The predicted octanol–water partition coefficient (Wildman–Crippen LogP) is 3.54. The summed E-state index contributed by atoms with van der Waals surface area (Å²) in [6.07, 6.45) is 2.25. The fourth-order valence-corrected chi connectivity index (χ4v) is 4.23. The molecule has 0 radical (unpaired) electrons. The maximum atomic E-state index is 13.1. The van der Waals surface area contributed by atoms with Gasteiger partial charge in [0.2, 0.25) is 5.82 Å². The van der Waals surface area contributed by atoms with Crippen LogP contribution < -0.4 is 15.0 Å². The molecule has 8 heteroatoms. The number of likely N-dealkylation sites (N-methyl/N-ethyl adjacent to an activating group) is 1. The van der Waals surface area contributed by atoms with E-state index in [9.17, 15) is 9.59 Å². The maximum absolute atomic E-state index is 13.1. The number of nitrogens with one attached hydrogen (secondary N) is 1. The lowest BCUT2D eigenvalue weighted by Crippen LogP contribution is -2.59. The Morgan fingerprint density at radius 1 is 1.22 bits per heavy atom. The highest BCUT2D eigenvalue weighted by Crippen LogP contribution is 2.33. The lowest BCUT2D eigenvalue weighted by atomic mass is 9.97. The van der Waals surface area contributed by atoms with Gasteiger partial charge in [0.1, 0.15) is 24.2 Å². The largest absolute Gasteiger partial charge is 0.488 e. The van der Waals surface area contributed by atoms with Crippen LogP contribution in [-0.4, -0.2) is 52.7 Å². The van der Waals surface area contributed by atoms with E-state index in [0.29, 0.717) is 12.3 Å². The quantitative estimate of drug-likeness (QED) is 0.427. The molecule has 0 saturated heterocycles. The first-order chi connectivity index (χ1) is 17.5. The third kappa shape index (κ3) is 6.00. The first-order valence-electron chi connectivity index (χ1n) is 12.2. The molecule has 0 aliphatic carbocycles. The van der Waals surface area contributed by atoms with Crippen molar-refractivity contribution < 1.29 is 14.3 Å². The van der Waals surface area contributed by atoms with Crippen LogP contribution in [0, 0.1) is 31.1 Å². The zero-order chi connectivity index (χ0) is 26.8. The standard InChI is InChI=1S/C29H33N5O3/c1-20-8-7-9-21(2)23(20)15-34-19-30-26(32-34)27(36)31-29(17-35)16-33(6)24-14-22(12-13-28(3,4)5)10-11-25(24)37-18-29/h7-11,14,17,19H,15-16,18H2,1-6H3,(H,31,36). The number of ether oxygens (including phenoxy) is 1. The Labute approximate surface area is 218 Å². The number of benzene rings is 2. The number of aryl methyl sites for hydroxylation is 2. The Bertz CT molecular complexity index is 1370. The Morgan fingerprint density at radius 2 is 1.95 bits per heavy atom. The summed E-state index contributed by atoms with van der Waals surface area (Å²) in [5.41, 5.74) is 3.68. The third-order valence-corrected chi connectivity index (χ3v) is 6.25. The summed E-state index contributed by atoms with van der Waals surface area (Å²) in [6.45, 7) is 11.0. The molecular formula is C29H33N5O3. The number of rotatable bonds is 5. The second-order valence-electron chi connectivity index (χ2n) is 10.7. The van der Waals surface area contributed by atoms with Gasteiger partial charge in [-0.05, 0) is 69.5 Å². The van der Waals surface area contributed by atoms with Crippen molar-refractivity contribution in [3.05, 3.63) is 70.8 Å². The highest BCUT2D eigenvalue weighted by molar-refractivity contribution is 5.93. The van der Waals surface area contributed by atoms with Crippen molar-refractivity contribution >= 4 is 17.9 Å². The van der Waals surface area contributed by atoms with Gasteiger partial charge in [0.25, 0.3) is 5.91 Å². The van der Waals surface area contributed by atoms with Gasteiger partial charge in [0.05, 0.1) is 18.8 Å². The molecule has 0 saturated carbocycles. The van der Waals surface area contributed by atoms with Crippen LogP contribution in [0.15, 0.2) is 42.7 Å². The number of hydrogen-bond acceptors (Lipinski definition) is 6. The molecule has 0 spiro atoms. The van der Waals surface area contributed by atoms with E-state index in [1.807, 2.05) is 62.2 Å². The fourth-order valence-electron chi connectivity index (χ4n) is 4.23. The summed E-state index contributed by atoms with van der Waals surface area (Å²) in [6, 6.07) is 11.8. The minimum atomic E-state index is -1.28. The third-order valence-electron chi connectivity index (χ3n) is 6.25. The van der Waals surface area contributed by atoms with E-state index >= 15 is 0 Å². The zero-order valence-electron chi connectivity index (χ0n) is 22.3. The molecule has 37 heavy (non-hydrogen) atoms. The van der Waals surface area contributed by atoms with E-state index in [1.54, 1.807) is 4.68 Å². The molecule has 1 amide bonds. The summed E-state index contributed by atoms with van der Waals surface area (Å²) in [7, 11) is 1.86. The van der Waals surface area contributed by atoms with Crippen molar-refractivity contribution in [1.29, 1.82) is 0 Å². The van der Waals surface area contributed by atoms with Gasteiger partial charge < -0.3 is 19.7 Å². The van der Waals surface area contributed by atoms with Crippen LogP contribution in [0.25, 0.3) is 0 Å². The van der Waals surface area contributed by atoms with E-state index in [4.69, 9.17) is 4.74 Å². The zero-order valence-corrected chi connectivity index (χ0v) is 22.3. The molecule has 3 aromatic rings. The van der Waals surface area contributed by atoms with Crippen LogP contribution in [0.4, 0.5) is 5.69 Å². The number of carbonyl (C=O) groups is 2. The number of fused-ring (bicyclic) bond motifs is 1. The fraction of sp³-hybridized carbons (Fsp3) is 0.379. The summed E-state index contributed by atoms with van der Waals surface area (Å²) in [5.74, 6) is 6.52. The second kappa shape index (κ2) is 10.1. The van der Waals surface area contributed by atoms with Gasteiger partial charge >= 0.3 is 0 Å². The number of aromatic nitrogens is 3. The van der Waals surface area contributed by atoms with Crippen molar-refractivity contribution in [2.24, 2.45) is 5.41 Å². The first kappa shape index (κ1) is 26.0. The van der Waals surface area contributed by atoms with Gasteiger partial charge in [0, 0.05) is 18.0 Å². The van der Waals surface area contributed by atoms with Crippen LogP contribution in [0.3, 0.4) is 0 Å². The van der Waals surface area contributed by atoms with Crippen molar-refractivity contribution in [1.82, 2.24) is 20.1 Å². The molecule has 1 aliphatic heterocycles. The molecule has 1 aromatic heterocycles. The number of amides is 1. The SMILES string of the molecule is Cc1cccc(C)c1Cn1cnc(C(=O)NC2(C=O)COc3ccc(C#CC(C)(C)C)cc3N(C)C2)n1. The van der Waals surface area contributed by atoms with Crippen molar-refractivity contribution in [2.45, 2.75) is 46.7 Å². The van der Waals surface area contributed by atoms with Crippen molar-refractivity contribution in [3.8, 4) is 17.6 Å². The highest BCUT2D eigenvalue weighted by Gasteiger charge is 2.38. The van der Waals surface area contributed by atoms with Gasteiger partial charge in [-0.3, -0.25) is 4.79 Å². The second-order valence-corrected chi connectivity index (χ2v) is 10.7. The minimum absolute atomic E-state index is 0.00313. The van der Waals surface area contributed by atoms with E-state index in [2.05, 4.69) is 48.0 Å². The van der Waals surface area contributed by atoms with E-state index < -0.39 is 11.4 Å². The topological polar surface area (TPSA) is 89.3 Å². The predicted molar refractivity (Wildman–Crippen MR) is 143 cm³/mol. The number of hydrogen-bond donors (Lipinski definition) is 1. The molecule has 2 heterocycles. The lowest BCUT2D eigenvalue weighted by Gasteiger charge is -2.30. The summed E-state index contributed by atoms with van der Waals surface area (Å²) < 4.78 is 7.62. The monoisotopic (exact) mass is 499 g/mol. The van der Waals surface area contributed by atoms with Crippen molar-refractivity contribution in [3.63, 3.8) is 0 Å². The van der Waals surface area contributed by atoms with Crippen LogP contribution in [0.2, 0.25) is 0 Å². The first-order valence-corrected chi connectivity index (χ1v) is 12.2. The number of aldehydes is 1. The molecule has 0 fully saturated rings. The summed E-state index contributed by atoms with van der Waals surface area (Å²) in [4.78, 5) is 31.5. The normalized spacial score (nSPS) is 17.1. The van der Waals surface area contributed by atoms with Gasteiger partial charge in [0.15, 0.2) is 6.29 Å². The molecule has 1 aliphatic rings. The Kier molecular flexibility index (Phi) is 7.08. The molecule has 2 aromatic carbocycles. The molecule has 4 rings (SSSR count). The minimum Gasteiger partial charge on any atom is -0.488 e.